The Hall–Kier alpha value is -3.94. The first-order valence-electron chi connectivity index (χ1n) is 9.23. The average molecular weight is 388 g/mol. The van der Waals surface area contributed by atoms with Crippen LogP contribution in [0.15, 0.2) is 59.9 Å². The third-order valence-corrected chi connectivity index (χ3v) is 4.32. The normalized spacial score (nSPS) is 17.5. The third kappa shape index (κ3) is 4.49. The number of carbonyl (C=O) groups excluding carboxylic acids is 1. The molecule has 1 aromatic carbocycles. The molecule has 1 aliphatic heterocycles. The topological polar surface area (TPSA) is 115 Å². The van der Waals surface area contributed by atoms with Crippen molar-refractivity contribution in [2.75, 3.05) is 18.8 Å². The number of aliphatic imine (C=N–C) groups is 1. The van der Waals surface area contributed by atoms with Crippen molar-refractivity contribution in [3.05, 3.63) is 60.6 Å². The van der Waals surface area contributed by atoms with Gasteiger partial charge in [0.25, 0.3) is 5.91 Å². The number of fused-ring (bicyclic) bond motifs is 1. The minimum atomic E-state index is -0.189. The van der Waals surface area contributed by atoms with E-state index in [1.54, 1.807) is 30.7 Å². The molecular formula is C21H20N6O2. The van der Waals surface area contributed by atoms with Gasteiger partial charge in [0.15, 0.2) is 0 Å². The van der Waals surface area contributed by atoms with Gasteiger partial charge in [-0.15, -0.1) is 0 Å². The highest BCUT2D eigenvalue weighted by Gasteiger charge is 2.14. The van der Waals surface area contributed by atoms with Crippen molar-refractivity contribution in [3.8, 4) is 11.5 Å². The summed E-state index contributed by atoms with van der Waals surface area (Å²) in [7, 11) is 0. The van der Waals surface area contributed by atoms with Crippen LogP contribution in [0.5, 0.6) is 11.5 Å². The summed E-state index contributed by atoms with van der Waals surface area (Å²) < 4.78 is 5.84. The molecule has 1 aliphatic rings. The van der Waals surface area contributed by atoms with Gasteiger partial charge in [-0.2, -0.15) is 0 Å². The Kier molecular flexibility index (Phi) is 5.33. The van der Waals surface area contributed by atoms with Crippen LogP contribution in [0.3, 0.4) is 0 Å². The van der Waals surface area contributed by atoms with E-state index in [2.05, 4.69) is 25.6 Å². The Morgan fingerprint density at radius 2 is 1.93 bits per heavy atom. The van der Waals surface area contributed by atoms with E-state index in [1.165, 1.54) is 6.20 Å². The van der Waals surface area contributed by atoms with Gasteiger partial charge < -0.3 is 21.1 Å². The summed E-state index contributed by atoms with van der Waals surface area (Å²) in [5, 5.41) is 6.85. The van der Waals surface area contributed by atoms with Gasteiger partial charge in [0, 0.05) is 36.9 Å². The molecule has 0 saturated heterocycles. The Balaban J connectivity index is 1.63. The van der Waals surface area contributed by atoms with Crippen LogP contribution in [0.2, 0.25) is 0 Å². The maximum absolute atomic E-state index is 12.5. The first-order valence-corrected chi connectivity index (χ1v) is 9.23. The molecule has 0 fully saturated rings. The molecule has 29 heavy (non-hydrogen) atoms. The Morgan fingerprint density at radius 1 is 1.03 bits per heavy atom. The van der Waals surface area contributed by atoms with Crippen LogP contribution in [0, 0.1) is 0 Å². The van der Waals surface area contributed by atoms with E-state index in [1.807, 2.05) is 24.3 Å². The van der Waals surface area contributed by atoms with Crippen molar-refractivity contribution in [2.45, 2.75) is 6.42 Å². The minimum absolute atomic E-state index is 0.189. The number of hydrogen-bond donors (Lipinski definition) is 3. The van der Waals surface area contributed by atoms with Gasteiger partial charge in [-0.1, -0.05) is 6.07 Å². The number of hydrogen-bond acceptors (Lipinski definition) is 7. The number of rotatable bonds is 3. The van der Waals surface area contributed by atoms with Gasteiger partial charge in [-0.3, -0.25) is 4.79 Å². The number of pyridine rings is 2. The Morgan fingerprint density at radius 3 is 2.83 bits per heavy atom. The van der Waals surface area contributed by atoms with Crippen molar-refractivity contribution in [1.82, 2.24) is 20.6 Å². The van der Waals surface area contributed by atoms with Crippen LogP contribution in [0.4, 0.5) is 5.82 Å². The third-order valence-electron chi connectivity index (χ3n) is 4.32. The molecule has 0 saturated carbocycles. The molecule has 3 heterocycles. The lowest BCUT2D eigenvalue weighted by atomic mass is 10.1. The number of benzene rings is 1. The smallest absolute Gasteiger partial charge is 0.255 e. The number of amides is 1. The van der Waals surface area contributed by atoms with Gasteiger partial charge in [0.1, 0.15) is 17.3 Å². The molecule has 0 atom stereocenters. The number of nitrogens with zero attached hydrogens (tertiary/aromatic N) is 3. The molecule has 8 heteroatoms. The summed E-state index contributed by atoms with van der Waals surface area (Å²) >= 11 is 0. The van der Waals surface area contributed by atoms with Crippen LogP contribution in [0.1, 0.15) is 12.1 Å². The fraction of sp³-hybridized carbons (Fsp3) is 0.143. The summed E-state index contributed by atoms with van der Waals surface area (Å²) in [6.07, 6.45) is 5.53. The minimum Gasteiger partial charge on any atom is -0.457 e. The molecule has 146 valence electrons. The second-order valence-corrected chi connectivity index (χ2v) is 6.45. The maximum Gasteiger partial charge on any atom is 0.255 e. The lowest BCUT2D eigenvalue weighted by molar-refractivity contribution is -0.115. The predicted molar refractivity (Wildman–Crippen MR) is 113 cm³/mol. The van der Waals surface area contributed by atoms with E-state index < -0.39 is 0 Å². The summed E-state index contributed by atoms with van der Waals surface area (Å²) in [5.74, 6) is 1.47. The quantitative estimate of drug-likeness (QED) is 0.635. The lowest BCUT2D eigenvalue weighted by Gasteiger charge is -2.11. The molecule has 4 N–H and O–H groups in total. The number of carbonyl (C=O) groups is 1. The number of aromatic nitrogens is 2. The Bertz CT molecular complexity index is 1110. The lowest BCUT2D eigenvalue weighted by Crippen LogP contribution is -2.28. The van der Waals surface area contributed by atoms with Crippen LogP contribution < -0.4 is 21.1 Å². The summed E-state index contributed by atoms with van der Waals surface area (Å²) in [6, 6.07) is 12.7. The van der Waals surface area contributed by atoms with Gasteiger partial charge in [-0.05, 0) is 36.8 Å². The van der Waals surface area contributed by atoms with Crippen molar-refractivity contribution >= 4 is 34.5 Å². The molecule has 0 unspecified atom stereocenters. The van der Waals surface area contributed by atoms with Crippen molar-refractivity contribution < 1.29 is 9.53 Å². The van der Waals surface area contributed by atoms with E-state index >= 15 is 0 Å². The average Bonchev–Trinajstić information content (AvgIpc) is 2.72. The van der Waals surface area contributed by atoms with E-state index in [0.29, 0.717) is 35.1 Å². The molecule has 3 aromatic rings. The number of nitrogens with two attached hydrogens (primary N) is 1. The highest BCUT2D eigenvalue weighted by molar-refractivity contribution is 6.19. The molecule has 2 aromatic heterocycles. The molecule has 0 spiro atoms. The SMILES string of the molecule is Nc1cc(Oc2ccc3nc(/C4=C/N=C\NCCCNC4=O)ccc3c2)ccn1. The number of anilines is 1. The molecule has 8 nitrogen and oxygen atoms in total. The van der Waals surface area contributed by atoms with Crippen LogP contribution >= 0.6 is 0 Å². The van der Waals surface area contributed by atoms with Gasteiger partial charge in [0.2, 0.25) is 0 Å². The fourth-order valence-electron chi connectivity index (χ4n) is 2.90. The summed E-state index contributed by atoms with van der Waals surface area (Å²) in [6.45, 7) is 1.35. The Labute approximate surface area is 167 Å². The van der Waals surface area contributed by atoms with Crippen molar-refractivity contribution in [1.29, 1.82) is 0 Å². The monoisotopic (exact) mass is 388 g/mol. The van der Waals surface area contributed by atoms with Crippen molar-refractivity contribution in [2.24, 2.45) is 4.99 Å². The second-order valence-electron chi connectivity index (χ2n) is 6.45. The van der Waals surface area contributed by atoms with Gasteiger partial charge >= 0.3 is 0 Å². The number of ether oxygens (including phenoxy) is 1. The van der Waals surface area contributed by atoms with E-state index in [9.17, 15) is 4.79 Å². The fourth-order valence-corrected chi connectivity index (χ4v) is 2.90. The molecule has 0 bridgehead atoms. The molecule has 0 aliphatic carbocycles. The first kappa shape index (κ1) is 18.4. The largest absolute Gasteiger partial charge is 0.457 e. The summed E-state index contributed by atoms with van der Waals surface area (Å²) in [5.41, 5.74) is 7.41. The zero-order valence-corrected chi connectivity index (χ0v) is 15.6. The first-order chi connectivity index (χ1) is 14.2. The molecule has 1 amide bonds. The zero-order chi connectivity index (χ0) is 20.1. The zero-order valence-electron chi connectivity index (χ0n) is 15.6. The van der Waals surface area contributed by atoms with E-state index in [0.717, 1.165) is 23.9 Å². The standard InChI is InChI=1S/C21H20N6O2/c22-20-11-16(6-9-25-20)29-15-3-5-18-14(10-15)2-4-19(27-18)17-12-24-13-23-7-1-8-26-21(17)28/h2-6,9-13H,1,7-8H2,(H2,22,25)(H,23,24)(H,26,28)/b17-12-. The second kappa shape index (κ2) is 8.39. The van der Waals surface area contributed by atoms with E-state index in [4.69, 9.17) is 10.5 Å². The van der Waals surface area contributed by atoms with Gasteiger partial charge in [0.05, 0.1) is 23.1 Å². The van der Waals surface area contributed by atoms with Gasteiger partial charge in [-0.25, -0.2) is 15.0 Å². The summed E-state index contributed by atoms with van der Waals surface area (Å²) in [4.78, 5) is 25.2. The number of nitrogens with one attached hydrogen (secondary N) is 2. The predicted octanol–water partition coefficient (Wildman–Crippen LogP) is 2.48. The molecular weight excluding hydrogens is 368 g/mol. The number of nitrogen functional groups attached to an aromatic ring is 1. The molecule has 0 radical (unpaired) electrons. The highest BCUT2D eigenvalue weighted by Crippen LogP contribution is 2.26. The maximum atomic E-state index is 12.5. The molecule has 4 rings (SSSR count). The van der Waals surface area contributed by atoms with Crippen molar-refractivity contribution in [3.63, 3.8) is 0 Å². The highest BCUT2D eigenvalue weighted by atomic mass is 16.5. The van der Waals surface area contributed by atoms with Crippen LogP contribution in [-0.4, -0.2) is 35.3 Å². The van der Waals surface area contributed by atoms with Crippen LogP contribution in [0.25, 0.3) is 16.5 Å². The van der Waals surface area contributed by atoms with Crippen LogP contribution in [-0.2, 0) is 4.79 Å². The van der Waals surface area contributed by atoms with E-state index in [-0.39, 0.29) is 5.91 Å².